The SMILES string of the molecule is C=C=O.FC(F)=Cc1n[nH]c(F)n1. The van der Waals surface area contributed by atoms with Crippen molar-refractivity contribution < 1.29 is 18.0 Å². The Bertz CT molecular complexity index is 324. The zero-order valence-corrected chi connectivity index (χ0v) is 6.22. The van der Waals surface area contributed by atoms with E-state index in [4.69, 9.17) is 4.79 Å². The molecule has 0 saturated carbocycles. The van der Waals surface area contributed by atoms with Crippen molar-refractivity contribution in [1.82, 2.24) is 15.2 Å². The summed E-state index contributed by atoms with van der Waals surface area (Å²) in [5.74, 6) is 0.887. The number of nitrogens with zero attached hydrogens (tertiary/aromatic N) is 2. The molecule has 0 aromatic carbocycles. The van der Waals surface area contributed by atoms with Gasteiger partial charge in [0.15, 0.2) is 5.82 Å². The van der Waals surface area contributed by atoms with E-state index >= 15 is 0 Å². The third-order valence-electron chi connectivity index (χ3n) is 0.714. The summed E-state index contributed by atoms with van der Waals surface area (Å²) in [7, 11) is 0. The molecular weight excluding hydrogens is 187 g/mol. The van der Waals surface area contributed by atoms with E-state index in [0.717, 1.165) is 0 Å². The number of rotatable bonds is 1. The highest BCUT2D eigenvalue weighted by molar-refractivity contribution is 5.39. The molecule has 13 heavy (non-hydrogen) atoms. The molecule has 0 aliphatic carbocycles. The van der Waals surface area contributed by atoms with Crippen molar-refractivity contribution in [3.05, 3.63) is 24.6 Å². The number of carbonyl (C=O) groups excluding carboxylic acids is 1. The van der Waals surface area contributed by atoms with Gasteiger partial charge in [-0.2, -0.15) is 23.3 Å². The molecule has 7 heteroatoms. The van der Waals surface area contributed by atoms with Crippen molar-refractivity contribution in [2.75, 3.05) is 0 Å². The van der Waals surface area contributed by atoms with Gasteiger partial charge in [0.05, 0.1) is 6.08 Å². The molecule has 0 unspecified atom stereocenters. The van der Waals surface area contributed by atoms with Gasteiger partial charge in [-0.05, 0) is 6.58 Å². The number of halogens is 3. The second-order valence-corrected chi connectivity index (χ2v) is 1.56. The van der Waals surface area contributed by atoms with Crippen molar-refractivity contribution in [3.63, 3.8) is 0 Å². The predicted molar refractivity (Wildman–Crippen MR) is 37.9 cm³/mol. The average molecular weight is 191 g/mol. The Balaban J connectivity index is 0.000000424. The molecule has 0 amide bonds. The number of hydrogen-bond acceptors (Lipinski definition) is 3. The van der Waals surface area contributed by atoms with Crippen LogP contribution in [0.25, 0.3) is 6.08 Å². The fourth-order valence-corrected chi connectivity index (χ4v) is 0.416. The Morgan fingerprint density at radius 1 is 1.62 bits per heavy atom. The summed E-state index contributed by atoms with van der Waals surface area (Å²) >= 11 is 0. The lowest BCUT2D eigenvalue weighted by molar-refractivity contribution is 0.429. The van der Waals surface area contributed by atoms with Gasteiger partial charge in [-0.15, -0.1) is 0 Å². The number of aromatic nitrogens is 3. The lowest BCUT2D eigenvalue weighted by Gasteiger charge is -1.74. The van der Waals surface area contributed by atoms with Crippen molar-refractivity contribution >= 4 is 12.0 Å². The second kappa shape index (κ2) is 5.73. The van der Waals surface area contributed by atoms with E-state index in [1.165, 1.54) is 5.94 Å². The molecule has 1 N–H and O–H groups in total. The zero-order chi connectivity index (χ0) is 10.3. The second-order valence-electron chi connectivity index (χ2n) is 1.56. The van der Waals surface area contributed by atoms with Crippen LogP contribution in [0, 0.1) is 6.08 Å². The van der Waals surface area contributed by atoms with Crippen LogP contribution in [-0.2, 0) is 4.79 Å². The van der Waals surface area contributed by atoms with Gasteiger partial charge in [-0.1, -0.05) is 0 Å². The minimum atomic E-state index is -1.96. The Kier molecular flexibility index (Phi) is 4.90. The van der Waals surface area contributed by atoms with Crippen LogP contribution in [0.15, 0.2) is 12.7 Å². The van der Waals surface area contributed by atoms with Crippen LogP contribution in [0.2, 0.25) is 0 Å². The summed E-state index contributed by atoms with van der Waals surface area (Å²) in [6.45, 7) is 2.68. The number of nitrogens with one attached hydrogen (secondary N) is 1. The minimum absolute atomic E-state index is 0.361. The molecule has 1 heterocycles. The van der Waals surface area contributed by atoms with Gasteiger partial charge in [0, 0.05) is 0 Å². The van der Waals surface area contributed by atoms with E-state index in [1.54, 1.807) is 5.10 Å². The zero-order valence-electron chi connectivity index (χ0n) is 6.22. The van der Waals surface area contributed by atoms with Crippen LogP contribution in [0.1, 0.15) is 5.82 Å². The molecule has 70 valence electrons. The van der Waals surface area contributed by atoms with Crippen molar-refractivity contribution in [2.45, 2.75) is 0 Å². The van der Waals surface area contributed by atoms with Gasteiger partial charge in [-0.25, -0.2) is 9.89 Å². The molecular formula is C6H4F3N3O. The highest BCUT2D eigenvalue weighted by atomic mass is 19.3. The fourth-order valence-electron chi connectivity index (χ4n) is 0.416. The quantitative estimate of drug-likeness (QED) is 0.678. The van der Waals surface area contributed by atoms with Gasteiger partial charge in [0.1, 0.15) is 5.94 Å². The lowest BCUT2D eigenvalue weighted by Crippen LogP contribution is -1.74. The molecule has 4 nitrogen and oxygen atoms in total. The first-order valence-corrected chi connectivity index (χ1v) is 2.85. The Labute approximate surface area is 70.8 Å². The summed E-state index contributed by atoms with van der Waals surface area (Å²) in [6, 6.07) is 0. The summed E-state index contributed by atoms with van der Waals surface area (Å²) < 4.78 is 34.6. The van der Waals surface area contributed by atoms with Crippen LogP contribution in [-0.4, -0.2) is 21.1 Å². The molecule has 0 aliphatic rings. The summed E-state index contributed by atoms with van der Waals surface area (Å²) in [5.41, 5.74) is 0. The number of hydrogen-bond donors (Lipinski definition) is 1. The Morgan fingerprint density at radius 2 is 2.15 bits per heavy atom. The fraction of sp³-hybridized carbons (Fsp3) is 0. The molecule has 0 saturated heterocycles. The summed E-state index contributed by atoms with van der Waals surface area (Å²) in [4.78, 5) is 11.5. The number of aromatic amines is 1. The molecule has 0 fully saturated rings. The molecule has 1 rings (SSSR count). The molecule has 0 spiro atoms. The van der Waals surface area contributed by atoms with Crippen LogP contribution >= 0.6 is 0 Å². The maximum atomic E-state index is 11.9. The van der Waals surface area contributed by atoms with Gasteiger partial charge in [-0.3, -0.25) is 0 Å². The molecule has 0 atom stereocenters. The van der Waals surface area contributed by atoms with Crippen LogP contribution in [0.3, 0.4) is 0 Å². The van der Waals surface area contributed by atoms with Crippen LogP contribution < -0.4 is 0 Å². The largest absolute Gasteiger partial charge is 0.305 e. The molecule has 1 aromatic heterocycles. The van der Waals surface area contributed by atoms with E-state index in [-0.39, 0.29) is 5.82 Å². The standard InChI is InChI=1S/C4H2F3N3.C2H2O/c5-2(6)1-3-8-4(7)10-9-3;1-2-3/h1H,(H,8,9,10);1H2. The van der Waals surface area contributed by atoms with Gasteiger partial charge < -0.3 is 0 Å². The van der Waals surface area contributed by atoms with E-state index in [1.807, 2.05) is 0 Å². The highest BCUT2D eigenvalue weighted by Crippen LogP contribution is 2.02. The molecule has 0 bridgehead atoms. The summed E-state index contributed by atoms with van der Waals surface area (Å²) in [6.07, 6.45) is -2.58. The van der Waals surface area contributed by atoms with Crippen molar-refractivity contribution in [2.24, 2.45) is 0 Å². The normalized spacial score (nSPS) is 7.92. The molecule has 0 radical (unpaired) electrons. The third-order valence-corrected chi connectivity index (χ3v) is 0.714. The number of H-pyrrole nitrogens is 1. The monoisotopic (exact) mass is 191 g/mol. The van der Waals surface area contributed by atoms with E-state index < -0.39 is 12.2 Å². The van der Waals surface area contributed by atoms with Gasteiger partial charge >= 0.3 is 6.08 Å². The minimum Gasteiger partial charge on any atom is -0.235 e. The highest BCUT2D eigenvalue weighted by Gasteiger charge is 1.99. The van der Waals surface area contributed by atoms with Gasteiger partial charge in [0.25, 0.3) is 6.08 Å². The Morgan fingerprint density at radius 3 is 2.46 bits per heavy atom. The predicted octanol–water partition coefficient (Wildman–Crippen LogP) is 1.19. The topological polar surface area (TPSA) is 58.6 Å². The molecule has 1 aromatic rings. The van der Waals surface area contributed by atoms with E-state index in [2.05, 4.69) is 16.7 Å². The lowest BCUT2D eigenvalue weighted by atomic mass is 10.6. The smallest absolute Gasteiger partial charge is 0.235 e. The van der Waals surface area contributed by atoms with Gasteiger partial charge in [0.2, 0.25) is 0 Å². The Hall–Kier alpha value is -1.88. The van der Waals surface area contributed by atoms with E-state index in [9.17, 15) is 13.2 Å². The van der Waals surface area contributed by atoms with E-state index in [0.29, 0.717) is 6.08 Å². The maximum Gasteiger partial charge on any atom is 0.305 e. The van der Waals surface area contributed by atoms with Crippen LogP contribution in [0.5, 0.6) is 0 Å². The summed E-state index contributed by atoms with van der Waals surface area (Å²) in [5, 5.41) is 4.86. The molecule has 0 aliphatic heterocycles. The first-order valence-electron chi connectivity index (χ1n) is 2.85. The van der Waals surface area contributed by atoms with Crippen molar-refractivity contribution in [1.29, 1.82) is 0 Å². The first-order chi connectivity index (χ1) is 6.10. The maximum absolute atomic E-state index is 11.9. The average Bonchev–Trinajstić information content (AvgIpc) is 2.35. The first kappa shape index (κ1) is 11.1. The van der Waals surface area contributed by atoms with Crippen molar-refractivity contribution in [3.8, 4) is 0 Å². The van der Waals surface area contributed by atoms with Crippen LogP contribution in [0.4, 0.5) is 13.2 Å². The third kappa shape index (κ3) is 5.40.